The van der Waals surface area contributed by atoms with Gasteiger partial charge in [0.1, 0.15) is 0 Å². The van der Waals surface area contributed by atoms with E-state index in [1.165, 1.54) is 0 Å². The van der Waals surface area contributed by atoms with Crippen LogP contribution in [0.1, 0.15) is 36.9 Å². The van der Waals surface area contributed by atoms with Gasteiger partial charge in [0.2, 0.25) is 0 Å². The Labute approximate surface area is 103 Å². The lowest BCUT2D eigenvalue weighted by Crippen LogP contribution is -2.16. The van der Waals surface area contributed by atoms with Gasteiger partial charge in [0, 0.05) is 18.3 Å². The van der Waals surface area contributed by atoms with Gasteiger partial charge in [0.25, 0.3) is 0 Å². The van der Waals surface area contributed by atoms with E-state index in [0.29, 0.717) is 19.5 Å². The Kier molecular flexibility index (Phi) is 5.91. The molecule has 0 aliphatic carbocycles. The third-order valence-corrected chi connectivity index (χ3v) is 3.31. The van der Waals surface area contributed by atoms with Crippen molar-refractivity contribution < 1.29 is 13.2 Å². The van der Waals surface area contributed by atoms with Gasteiger partial charge in [-0.1, -0.05) is 6.92 Å². The molecule has 0 fully saturated rings. The van der Waals surface area contributed by atoms with Gasteiger partial charge in [0.15, 0.2) is 0 Å². The summed E-state index contributed by atoms with van der Waals surface area (Å²) in [5.74, 6) is 0. The van der Waals surface area contributed by atoms with Gasteiger partial charge in [0.05, 0.1) is 10.7 Å². The number of halogens is 3. The summed E-state index contributed by atoms with van der Waals surface area (Å²) in [7, 11) is 0. The van der Waals surface area contributed by atoms with Gasteiger partial charge in [-0.25, -0.2) is 4.98 Å². The molecule has 0 bridgehead atoms. The summed E-state index contributed by atoms with van der Waals surface area (Å²) in [4.78, 5) is 4.36. The van der Waals surface area contributed by atoms with Gasteiger partial charge in [-0.2, -0.15) is 13.2 Å². The smallest absolute Gasteiger partial charge is 0.311 e. The maximum absolute atomic E-state index is 11.8. The molecule has 0 saturated heterocycles. The van der Waals surface area contributed by atoms with Gasteiger partial charge < -0.3 is 5.32 Å². The zero-order chi connectivity index (χ0) is 12.7. The molecule has 0 saturated carbocycles. The largest absolute Gasteiger partial charge is 0.389 e. The Balaban J connectivity index is 2.04. The van der Waals surface area contributed by atoms with E-state index >= 15 is 0 Å². The van der Waals surface area contributed by atoms with Gasteiger partial charge in [-0.3, -0.25) is 0 Å². The molecule has 1 aromatic rings. The number of aryl methyl sites for hydroxylation is 1. The third kappa shape index (κ3) is 6.63. The summed E-state index contributed by atoms with van der Waals surface area (Å²) in [5.41, 5.74) is 0.975. The molecule has 98 valence electrons. The molecule has 0 spiro atoms. The fourth-order valence-electron chi connectivity index (χ4n) is 1.38. The molecule has 1 aromatic heterocycles. The van der Waals surface area contributed by atoms with Crippen LogP contribution in [0.3, 0.4) is 0 Å². The molecule has 2 nitrogen and oxygen atoms in total. The lowest BCUT2D eigenvalue weighted by molar-refractivity contribution is -0.135. The number of unbranched alkanes of at least 4 members (excludes halogenated alkanes) is 1. The monoisotopic (exact) mass is 266 g/mol. The standard InChI is InChI=1S/C11H17F3N2S/c1-2-10-16-9(8-17-10)7-15-6-4-3-5-11(12,13)14/h8,15H,2-7H2,1H3. The van der Waals surface area contributed by atoms with Crippen molar-refractivity contribution >= 4 is 11.3 Å². The van der Waals surface area contributed by atoms with Crippen LogP contribution in [0.4, 0.5) is 13.2 Å². The van der Waals surface area contributed by atoms with Crippen LogP contribution in [0.25, 0.3) is 0 Å². The Morgan fingerprint density at radius 2 is 2.12 bits per heavy atom. The molecule has 1 N–H and O–H groups in total. The third-order valence-electron chi connectivity index (χ3n) is 2.27. The molecule has 0 amide bonds. The number of nitrogens with one attached hydrogen (secondary N) is 1. The predicted molar refractivity (Wildman–Crippen MR) is 63.1 cm³/mol. The molecule has 0 unspecified atom stereocenters. The lowest BCUT2D eigenvalue weighted by Gasteiger charge is -2.06. The second kappa shape index (κ2) is 6.96. The van der Waals surface area contributed by atoms with E-state index in [9.17, 15) is 13.2 Å². The molecule has 1 heterocycles. The highest BCUT2D eigenvalue weighted by molar-refractivity contribution is 7.09. The maximum Gasteiger partial charge on any atom is 0.389 e. The van der Waals surface area contributed by atoms with E-state index in [-0.39, 0.29) is 6.42 Å². The van der Waals surface area contributed by atoms with Gasteiger partial charge in [-0.05, 0) is 25.8 Å². The van der Waals surface area contributed by atoms with E-state index in [1.54, 1.807) is 11.3 Å². The first-order chi connectivity index (χ1) is 8.01. The molecular formula is C11H17F3N2S. The molecule has 0 radical (unpaired) electrons. The van der Waals surface area contributed by atoms with Crippen molar-refractivity contribution in [2.75, 3.05) is 6.54 Å². The molecule has 6 heteroatoms. The molecule has 0 aromatic carbocycles. The summed E-state index contributed by atoms with van der Waals surface area (Å²) < 4.78 is 35.5. The summed E-state index contributed by atoms with van der Waals surface area (Å²) in [5, 5.41) is 6.19. The summed E-state index contributed by atoms with van der Waals surface area (Å²) >= 11 is 1.62. The average Bonchev–Trinajstić information content (AvgIpc) is 2.69. The average molecular weight is 266 g/mol. The van der Waals surface area contributed by atoms with Crippen molar-refractivity contribution in [3.05, 3.63) is 16.1 Å². The van der Waals surface area contributed by atoms with E-state index in [4.69, 9.17) is 0 Å². The Morgan fingerprint density at radius 3 is 2.71 bits per heavy atom. The first-order valence-electron chi connectivity index (χ1n) is 5.72. The number of nitrogens with zero attached hydrogens (tertiary/aromatic N) is 1. The normalized spacial score (nSPS) is 12.0. The Bertz CT molecular complexity index is 323. The van der Waals surface area contributed by atoms with Crippen LogP contribution < -0.4 is 5.32 Å². The number of rotatable bonds is 7. The van der Waals surface area contributed by atoms with Crippen LogP contribution in [0.15, 0.2) is 5.38 Å². The molecule has 0 aliphatic rings. The van der Waals surface area contributed by atoms with E-state index in [2.05, 4.69) is 10.3 Å². The van der Waals surface area contributed by atoms with E-state index in [1.807, 2.05) is 12.3 Å². The van der Waals surface area contributed by atoms with Crippen molar-refractivity contribution in [1.82, 2.24) is 10.3 Å². The van der Waals surface area contributed by atoms with Crippen LogP contribution in [0, 0.1) is 0 Å². The van der Waals surface area contributed by atoms with Crippen molar-refractivity contribution in [3.63, 3.8) is 0 Å². The van der Waals surface area contributed by atoms with Crippen LogP contribution in [-0.2, 0) is 13.0 Å². The first kappa shape index (κ1) is 14.4. The quantitative estimate of drug-likeness (QED) is 0.764. The van der Waals surface area contributed by atoms with Crippen molar-refractivity contribution in [2.24, 2.45) is 0 Å². The summed E-state index contributed by atoms with van der Waals surface area (Å²) in [6, 6.07) is 0. The maximum atomic E-state index is 11.8. The lowest BCUT2D eigenvalue weighted by atomic mass is 10.2. The van der Waals surface area contributed by atoms with Crippen LogP contribution >= 0.6 is 11.3 Å². The molecule has 1 rings (SSSR count). The van der Waals surface area contributed by atoms with Crippen molar-refractivity contribution in [3.8, 4) is 0 Å². The highest BCUT2D eigenvalue weighted by Crippen LogP contribution is 2.21. The minimum absolute atomic E-state index is 0.188. The summed E-state index contributed by atoms with van der Waals surface area (Å²) in [6.07, 6.45) is -3.05. The zero-order valence-corrected chi connectivity index (χ0v) is 10.6. The first-order valence-corrected chi connectivity index (χ1v) is 6.60. The van der Waals surface area contributed by atoms with Gasteiger partial charge >= 0.3 is 6.18 Å². The molecule has 17 heavy (non-hydrogen) atoms. The van der Waals surface area contributed by atoms with Crippen LogP contribution in [-0.4, -0.2) is 17.7 Å². The number of hydrogen-bond donors (Lipinski definition) is 1. The van der Waals surface area contributed by atoms with E-state index < -0.39 is 12.6 Å². The topological polar surface area (TPSA) is 24.9 Å². The number of thiazole rings is 1. The van der Waals surface area contributed by atoms with Crippen molar-refractivity contribution in [1.29, 1.82) is 0 Å². The predicted octanol–water partition coefficient (Wildman–Crippen LogP) is 3.53. The second-order valence-corrected chi connectivity index (χ2v) is 4.78. The van der Waals surface area contributed by atoms with Crippen LogP contribution in [0.2, 0.25) is 0 Å². The fraction of sp³-hybridized carbons (Fsp3) is 0.727. The minimum atomic E-state index is -4.02. The van der Waals surface area contributed by atoms with Gasteiger partial charge in [-0.15, -0.1) is 11.3 Å². The molecule has 0 atom stereocenters. The summed E-state index contributed by atoms with van der Waals surface area (Å²) in [6.45, 7) is 3.30. The number of aromatic nitrogens is 1. The number of alkyl halides is 3. The SMILES string of the molecule is CCc1nc(CNCCCCC(F)(F)F)cs1. The zero-order valence-electron chi connectivity index (χ0n) is 9.81. The molecule has 0 aliphatic heterocycles. The molecular weight excluding hydrogens is 249 g/mol. The second-order valence-electron chi connectivity index (χ2n) is 3.84. The highest BCUT2D eigenvalue weighted by Gasteiger charge is 2.25. The Hall–Kier alpha value is -0.620. The fourth-order valence-corrected chi connectivity index (χ4v) is 2.13. The van der Waals surface area contributed by atoms with E-state index in [0.717, 1.165) is 17.1 Å². The van der Waals surface area contributed by atoms with Crippen LogP contribution in [0.5, 0.6) is 0 Å². The van der Waals surface area contributed by atoms with Crippen molar-refractivity contribution in [2.45, 2.75) is 45.3 Å². The minimum Gasteiger partial charge on any atom is -0.311 e. The highest BCUT2D eigenvalue weighted by atomic mass is 32.1. The Morgan fingerprint density at radius 1 is 1.35 bits per heavy atom. The number of hydrogen-bond acceptors (Lipinski definition) is 3.